The van der Waals surface area contributed by atoms with E-state index in [0.29, 0.717) is 11.8 Å². The van der Waals surface area contributed by atoms with Gasteiger partial charge < -0.3 is 15.4 Å². The summed E-state index contributed by atoms with van der Waals surface area (Å²) in [6.45, 7) is 0. The van der Waals surface area contributed by atoms with Gasteiger partial charge in [-0.2, -0.15) is 4.98 Å². The first kappa shape index (κ1) is 15.3. The molecule has 2 aromatic carbocycles. The average molecular weight is 371 g/mol. The Bertz CT molecular complexity index is 810. The standard InChI is InChI=1S/C17H15BrN4O/c1-23-15-9-5-4-8-14(15)20-16-10-11-19-17(22-16)21-13-7-3-2-6-12(13)18/h2-11H,1H3,(H2,19,20,21,22). The molecular formula is C17H15BrN4O. The second-order valence-corrected chi connectivity index (χ2v) is 5.55. The van der Waals surface area contributed by atoms with Crippen molar-refractivity contribution in [1.82, 2.24) is 9.97 Å². The van der Waals surface area contributed by atoms with E-state index in [1.807, 2.05) is 48.5 Å². The van der Waals surface area contributed by atoms with E-state index < -0.39 is 0 Å². The van der Waals surface area contributed by atoms with Crippen LogP contribution in [0, 0.1) is 0 Å². The molecule has 0 amide bonds. The topological polar surface area (TPSA) is 59.1 Å². The lowest BCUT2D eigenvalue weighted by Gasteiger charge is -2.11. The van der Waals surface area contributed by atoms with Crippen LogP contribution in [-0.4, -0.2) is 17.1 Å². The Kier molecular flexibility index (Phi) is 4.73. The van der Waals surface area contributed by atoms with Gasteiger partial charge in [-0.1, -0.05) is 24.3 Å². The summed E-state index contributed by atoms with van der Waals surface area (Å²) in [5.41, 5.74) is 1.75. The van der Waals surface area contributed by atoms with Crippen LogP contribution in [0.4, 0.5) is 23.1 Å². The summed E-state index contributed by atoms with van der Waals surface area (Å²) < 4.78 is 6.28. The summed E-state index contributed by atoms with van der Waals surface area (Å²) >= 11 is 3.49. The van der Waals surface area contributed by atoms with Crippen LogP contribution in [0.5, 0.6) is 5.75 Å². The number of methoxy groups -OCH3 is 1. The molecule has 0 saturated heterocycles. The largest absolute Gasteiger partial charge is 0.495 e. The van der Waals surface area contributed by atoms with Gasteiger partial charge in [-0.05, 0) is 46.3 Å². The molecule has 0 aliphatic heterocycles. The van der Waals surface area contributed by atoms with Crippen molar-refractivity contribution in [2.45, 2.75) is 0 Å². The lowest BCUT2D eigenvalue weighted by molar-refractivity contribution is 0.417. The molecule has 3 aromatic rings. The third-order valence-electron chi connectivity index (χ3n) is 3.15. The predicted molar refractivity (Wildman–Crippen MR) is 95.7 cm³/mol. The number of benzene rings is 2. The zero-order valence-corrected chi connectivity index (χ0v) is 14.0. The first-order valence-corrected chi connectivity index (χ1v) is 7.80. The maximum atomic E-state index is 5.33. The van der Waals surface area contributed by atoms with Gasteiger partial charge in [0, 0.05) is 10.7 Å². The van der Waals surface area contributed by atoms with Crippen molar-refractivity contribution in [2.24, 2.45) is 0 Å². The quantitative estimate of drug-likeness (QED) is 0.679. The Morgan fingerprint density at radius 2 is 1.65 bits per heavy atom. The molecule has 0 spiro atoms. The molecule has 23 heavy (non-hydrogen) atoms. The molecule has 0 radical (unpaired) electrons. The third-order valence-corrected chi connectivity index (χ3v) is 3.84. The number of hydrogen-bond donors (Lipinski definition) is 2. The van der Waals surface area contributed by atoms with Crippen molar-refractivity contribution in [3.05, 3.63) is 65.3 Å². The number of nitrogens with zero attached hydrogens (tertiary/aromatic N) is 2. The number of aromatic nitrogens is 2. The van der Waals surface area contributed by atoms with E-state index in [1.54, 1.807) is 19.4 Å². The molecule has 1 heterocycles. The van der Waals surface area contributed by atoms with Gasteiger partial charge in [0.15, 0.2) is 0 Å². The molecule has 2 N–H and O–H groups in total. The first-order valence-electron chi connectivity index (χ1n) is 7.01. The van der Waals surface area contributed by atoms with Crippen molar-refractivity contribution in [3.63, 3.8) is 0 Å². The van der Waals surface area contributed by atoms with Gasteiger partial charge in [0.2, 0.25) is 5.95 Å². The minimum absolute atomic E-state index is 0.511. The van der Waals surface area contributed by atoms with Crippen molar-refractivity contribution in [2.75, 3.05) is 17.7 Å². The van der Waals surface area contributed by atoms with Crippen molar-refractivity contribution < 1.29 is 4.74 Å². The Hall–Kier alpha value is -2.60. The third kappa shape index (κ3) is 3.78. The molecule has 1 aromatic heterocycles. The Balaban J connectivity index is 1.81. The first-order chi connectivity index (χ1) is 11.3. The minimum Gasteiger partial charge on any atom is -0.495 e. The van der Waals surface area contributed by atoms with Gasteiger partial charge in [-0.15, -0.1) is 0 Å². The molecule has 5 nitrogen and oxygen atoms in total. The summed E-state index contributed by atoms with van der Waals surface area (Å²) in [5, 5.41) is 6.42. The van der Waals surface area contributed by atoms with Crippen LogP contribution in [0.25, 0.3) is 0 Å². The molecule has 0 fully saturated rings. The van der Waals surface area contributed by atoms with E-state index in [4.69, 9.17) is 4.74 Å². The molecule has 0 aliphatic rings. The Morgan fingerprint density at radius 1 is 0.913 bits per heavy atom. The van der Waals surface area contributed by atoms with Crippen LogP contribution >= 0.6 is 15.9 Å². The normalized spacial score (nSPS) is 10.2. The molecule has 0 bridgehead atoms. The average Bonchev–Trinajstić information content (AvgIpc) is 2.58. The molecule has 3 rings (SSSR count). The predicted octanol–water partition coefficient (Wildman–Crippen LogP) is 4.73. The van der Waals surface area contributed by atoms with Gasteiger partial charge in [0.1, 0.15) is 11.6 Å². The Labute approximate surface area is 142 Å². The number of rotatable bonds is 5. The zero-order chi connectivity index (χ0) is 16.1. The maximum absolute atomic E-state index is 5.33. The van der Waals surface area contributed by atoms with Gasteiger partial charge in [0.25, 0.3) is 0 Å². The van der Waals surface area contributed by atoms with Crippen LogP contribution in [0.1, 0.15) is 0 Å². The summed E-state index contributed by atoms with van der Waals surface area (Å²) in [4.78, 5) is 8.72. The van der Waals surface area contributed by atoms with Crippen LogP contribution in [-0.2, 0) is 0 Å². The fourth-order valence-electron chi connectivity index (χ4n) is 2.06. The molecule has 0 saturated carbocycles. The van der Waals surface area contributed by atoms with Crippen LogP contribution in [0.15, 0.2) is 65.3 Å². The number of anilines is 4. The smallest absolute Gasteiger partial charge is 0.229 e. The number of para-hydroxylation sites is 3. The molecule has 6 heteroatoms. The van der Waals surface area contributed by atoms with Crippen LogP contribution in [0.3, 0.4) is 0 Å². The van der Waals surface area contributed by atoms with Crippen LogP contribution < -0.4 is 15.4 Å². The number of ether oxygens (including phenoxy) is 1. The SMILES string of the molecule is COc1ccccc1Nc1ccnc(Nc2ccccc2Br)n1. The van der Waals surface area contributed by atoms with E-state index in [1.165, 1.54) is 0 Å². The highest BCUT2D eigenvalue weighted by Crippen LogP contribution is 2.27. The van der Waals surface area contributed by atoms with E-state index in [9.17, 15) is 0 Å². The monoisotopic (exact) mass is 370 g/mol. The van der Waals surface area contributed by atoms with E-state index >= 15 is 0 Å². The Morgan fingerprint density at radius 3 is 2.43 bits per heavy atom. The number of nitrogens with one attached hydrogen (secondary N) is 2. The highest BCUT2D eigenvalue weighted by Gasteiger charge is 2.05. The van der Waals surface area contributed by atoms with Gasteiger partial charge >= 0.3 is 0 Å². The summed E-state index contributed by atoms with van der Waals surface area (Å²) in [7, 11) is 1.64. The van der Waals surface area contributed by atoms with Crippen molar-refractivity contribution >= 4 is 39.1 Å². The minimum atomic E-state index is 0.511. The highest BCUT2D eigenvalue weighted by molar-refractivity contribution is 9.10. The number of halogens is 1. The lowest BCUT2D eigenvalue weighted by atomic mass is 10.3. The summed E-state index contributed by atoms with van der Waals surface area (Å²) in [5.74, 6) is 1.95. The fourth-order valence-corrected chi connectivity index (χ4v) is 2.44. The molecule has 116 valence electrons. The molecule has 0 aliphatic carbocycles. The van der Waals surface area contributed by atoms with Gasteiger partial charge in [0.05, 0.1) is 18.5 Å². The summed E-state index contributed by atoms with van der Waals surface area (Å²) in [6, 6.07) is 17.3. The highest BCUT2D eigenvalue weighted by atomic mass is 79.9. The zero-order valence-electron chi connectivity index (χ0n) is 12.5. The van der Waals surface area contributed by atoms with Crippen molar-refractivity contribution in [1.29, 1.82) is 0 Å². The number of hydrogen-bond acceptors (Lipinski definition) is 5. The lowest BCUT2D eigenvalue weighted by Crippen LogP contribution is -2.01. The second kappa shape index (κ2) is 7.11. The molecular weight excluding hydrogens is 356 g/mol. The van der Waals surface area contributed by atoms with E-state index in [2.05, 4.69) is 36.5 Å². The van der Waals surface area contributed by atoms with E-state index in [0.717, 1.165) is 21.6 Å². The van der Waals surface area contributed by atoms with Gasteiger partial charge in [-0.3, -0.25) is 0 Å². The van der Waals surface area contributed by atoms with E-state index in [-0.39, 0.29) is 0 Å². The van der Waals surface area contributed by atoms with Crippen LogP contribution in [0.2, 0.25) is 0 Å². The molecule has 0 unspecified atom stereocenters. The fraction of sp³-hybridized carbons (Fsp3) is 0.0588. The van der Waals surface area contributed by atoms with Crippen molar-refractivity contribution in [3.8, 4) is 5.75 Å². The summed E-state index contributed by atoms with van der Waals surface area (Å²) in [6.07, 6.45) is 1.70. The maximum Gasteiger partial charge on any atom is 0.229 e. The van der Waals surface area contributed by atoms with Gasteiger partial charge in [-0.25, -0.2) is 4.98 Å². The second-order valence-electron chi connectivity index (χ2n) is 4.70. The molecule has 0 atom stereocenters.